The van der Waals surface area contributed by atoms with E-state index < -0.39 is 0 Å². The van der Waals surface area contributed by atoms with Crippen LogP contribution >= 0.6 is 0 Å². The van der Waals surface area contributed by atoms with Crippen LogP contribution in [0.25, 0.3) is 17.0 Å². The average molecular weight is 356 g/mol. The summed E-state index contributed by atoms with van der Waals surface area (Å²) in [4.78, 5) is 14.6. The molecule has 1 aromatic heterocycles. The summed E-state index contributed by atoms with van der Waals surface area (Å²) in [6.45, 7) is 0.798. The maximum absolute atomic E-state index is 12.7. The lowest BCUT2D eigenvalue weighted by Crippen LogP contribution is -2.35. The number of amides is 1. The van der Waals surface area contributed by atoms with Crippen LogP contribution in [0.1, 0.15) is 29.7 Å². The Labute approximate surface area is 158 Å². The molecule has 4 nitrogen and oxygen atoms in total. The van der Waals surface area contributed by atoms with Crippen LogP contribution in [-0.4, -0.2) is 23.4 Å². The van der Waals surface area contributed by atoms with E-state index in [2.05, 4.69) is 12.1 Å². The Morgan fingerprint density at radius 3 is 2.89 bits per heavy atom. The van der Waals surface area contributed by atoms with Crippen LogP contribution in [0, 0.1) is 11.3 Å². The molecule has 1 aliphatic heterocycles. The number of carbonyl (C=O) groups excluding carboxylic acids is 1. The van der Waals surface area contributed by atoms with Crippen molar-refractivity contribution in [2.24, 2.45) is 0 Å². The van der Waals surface area contributed by atoms with Gasteiger partial charge < -0.3 is 9.32 Å². The molecule has 1 fully saturated rings. The van der Waals surface area contributed by atoms with Crippen molar-refractivity contribution in [3.63, 3.8) is 0 Å². The van der Waals surface area contributed by atoms with Gasteiger partial charge in [0.25, 0.3) is 0 Å². The van der Waals surface area contributed by atoms with E-state index in [0.29, 0.717) is 12.0 Å². The number of likely N-dealkylation sites (tertiary alicyclic amines) is 1. The molecular weight excluding hydrogens is 336 g/mol. The number of fused-ring (bicyclic) bond motifs is 1. The van der Waals surface area contributed by atoms with Gasteiger partial charge in [-0.25, -0.2) is 0 Å². The lowest BCUT2D eigenvalue weighted by atomic mass is 10.1. The second-order valence-electron chi connectivity index (χ2n) is 6.83. The van der Waals surface area contributed by atoms with Crippen molar-refractivity contribution in [2.75, 3.05) is 6.54 Å². The number of nitriles is 1. The highest BCUT2D eigenvalue weighted by Gasteiger charge is 2.26. The summed E-state index contributed by atoms with van der Waals surface area (Å²) in [5, 5.41) is 9.92. The summed E-state index contributed by atoms with van der Waals surface area (Å²) in [6, 6.07) is 19.4. The molecule has 0 N–H and O–H groups in total. The molecule has 2 heterocycles. The summed E-state index contributed by atoms with van der Waals surface area (Å²) >= 11 is 0. The second-order valence-corrected chi connectivity index (χ2v) is 6.83. The minimum Gasteiger partial charge on any atom is -0.457 e. The number of carbonyl (C=O) groups is 1. The Morgan fingerprint density at radius 1 is 1.22 bits per heavy atom. The van der Waals surface area contributed by atoms with Gasteiger partial charge in [-0.2, -0.15) is 5.26 Å². The van der Waals surface area contributed by atoms with Gasteiger partial charge in [0.15, 0.2) is 0 Å². The number of furan rings is 1. The monoisotopic (exact) mass is 356 g/mol. The van der Waals surface area contributed by atoms with Crippen LogP contribution in [0.3, 0.4) is 0 Å². The third kappa shape index (κ3) is 3.78. The number of nitrogens with zero attached hydrogens (tertiary/aromatic N) is 2. The maximum atomic E-state index is 12.7. The van der Waals surface area contributed by atoms with E-state index in [1.165, 1.54) is 0 Å². The highest BCUT2D eigenvalue weighted by molar-refractivity contribution is 5.82. The highest BCUT2D eigenvalue weighted by Crippen LogP contribution is 2.24. The topological polar surface area (TPSA) is 57.2 Å². The summed E-state index contributed by atoms with van der Waals surface area (Å²) in [5.41, 5.74) is 2.42. The molecule has 1 aliphatic rings. The molecule has 1 amide bonds. The first-order valence-electron chi connectivity index (χ1n) is 9.18. The minimum absolute atomic E-state index is 0.101. The molecule has 27 heavy (non-hydrogen) atoms. The molecule has 134 valence electrons. The molecule has 0 spiro atoms. The SMILES string of the molecule is N#Cc1ccc2oc(C=CC3CCCN3C(=O)Cc3ccccc3)cc2c1. The first-order valence-corrected chi connectivity index (χ1v) is 9.18. The second kappa shape index (κ2) is 7.51. The molecule has 0 bridgehead atoms. The van der Waals surface area contributed by atoms with Crippen LogP contribution in [0.5, 0.6) is 0 Å². The summed E-state index contributed by atoms with van der Waals surface area (Å²) in [7, 11) is 0. The standard InChI is InChI=1S/C23H20N2O2/c24-16-18-8-11-22-19(13-18)15-21(27-22)10-9-20-7-4-12-25(20)23(26)14-17-5-2-1-3-6-17/h1-3,5-6,8-11,13,15,20H,4,7,12,14H2. The first kappa shape index (κ1) is 17.1. The maximum Gasteiger partial charge on any atom is 0.227 e. The molecule has 1 atom stereocenters. The Morgan fingerprint density at radius 2 is 2.07 bits per heavy atom. The van der Waals surface area contributed by atoms with Crippen LogP contribution in [0.2, 0.25) is 0 Å². The largest absolute Gasteiger partial charge is 0.457 e. The van der Waals surface area contributed by atoms with Crippen molar-refractivity contribution in [3.8, 4) is 6.07 Å². The van der Waals surface area contributed by atoms with E-state index in [1.807, 2.05) is 59.5 Å². The van der Waals surface area contributed by atoms with E-state index in [9.17, 15) is 4.79 Å². The third-order valence-corrected chi connectivity index (χ3v) is 4.96. The molecule has 1 unspecified atom stereocenters. The molecular formula is C23H20N2O2. The van der Waals surface area contributed by atoms with Gasteiger partial charge >= 0.3 is 0 Å². The fourth-order valence-corrected chi connectivity index (χ4v) is 3.60. The van der Waals surface area contributed by atoms with Crippen molar-refractivity contribution < 1.29 is 9.21 Å². The van der Waals surface area contributed by atoms with Gasteiger partial charge in [-0.3, -0.25) is 4.79 Å². The molecule has 0 radical (unpaired) electrons. The lowest BCUT2D eigenvalue weighted by molar-refractivity contribution is -0.130. The van der Waals surface area contributed by atoms with Crippen molar-refractivity contribution >= 4 is 23.0 Å². The Bertz CT molecular complexity index is 1030. The van der Waals surface area contributed by atoms with E-state index in [-0.39, 0.29) is 11.9 Å². The number of benzene rings is 2. The van der Waals surface area contributed by atoms with Crippen molar-refractivity contribution in [1.82, 2.24) is 4.90 Å². The van der Waals surface area contributed by atoms with Gasteiger partial charge in [0, 0.05) is 11.9 Å². The average Bonchev–Trinajstić information content (AvgIpc) is 3.32. The molecule has 0 saturated carbocycles. The zero-order valence-corrected chi connectivity index (χ0v) is 15.0. The molecule has 3 aromatic rings. The number of hydrogen-bond acceptors (Lipinski definition) is 3. The lowest BCUT2D eigenvalue weighted by Gasteiger charge is -2.22. The van der Waals surface area contributed by atoms with Gasteiger partial charge in [0.05, 0.1) is 24.1 Å². The highest BCUT2D eigenvalue weighted by atomic mass is 16.3. The van der Waals surface area contributed by atoms with Crippen molar-refractivity contribution in [3.05, 3.63) is 77.6 Å². The predicted octanol–water partition coefficient (Wildman–Crippen LogP) is 4.55. The molecule has 4 heteroatoms. The van der Waals surface area contributed by atoms with E-state index in [4.69, 9.17) is 9.68 Å². The Kier molecular flexibility index (Phi) is 4.76. The summed E-state index contributed by atoms with van der Waals surface area (Å²) in [6.07, 6.45) is 6.41. The smallest absolute Gasteiger partial charge is 0.227 e. The Hall–Kier alpha value is -3.32. The van der Waals surface area contributed by atoms with Crippen molar-refractivity contribution in [1.29, 1.82) is 5.26 Å². The van der Waals surface area contributed by atoms with E-state index >= 15 is 0 Å². The van der Waals surface area contributed by atoms with Gasteiger partial charge in [0.2, 0.25) is 5.91 Å². The fraction of sp³-hybridized carbons (Fsp3) is 0.217. The first-order chi connectivity index (χ1) is 13.2. The van der Waals surface area contributed by atoms with Crippen LogP contribution in [0.15, 0.2) is 65.1 Å². The molecule has 2 aromatic carbocycles. The van der Waals surface area contributed by atoms with Gasteiger partial charge in [-0.15, -0.1) is 0 Å². The van der Waals surface area contributed by atoms with Crippen LogP contribution in [-0.2, 0) is 11.2 Å². The third-order valence-electron chi connectivity index (χ3n) is 4.96. The van der Waals surface area contributed by atoms with E-state index in [0.717, 1.165) is 41.7 Å². The van der Waals surface area contributed by atoms with E-state index in [1.54, 1.807) is 6.07 Å². The van der Waals surface area contributed by atoms with Gasteiger partial charge in [-0.05, 0) is 48.7 Å². The van der Waals surface area contributed by atoms with Crippen molar-refractivity contribution in [2.45, 2.75) is 25.3 Å². The normalized spacial score (nSPS) is 16.9. The Balaban J connectivity index is 1.47. The predicted molar refractivity (Wildman–Crippen MR) is 105 cm³/mol. The number of rotatable bonds is 4. The summed E-state index contributed by atoms with van der Waals surface area (Å²) < 4.78 is 5.82. The van der Waals surface area contributed by atoms with Crippen LogP contribution < -0.4 is 0 Å². The molecule has 4 rings (SSSR count). The molecule has 1 saturated heterocycles. The number of hydrogen-bond donors (Lipinski definition) is 0. The van der Waals surface area contributed by atoms with Gasteiger partial charge in [0.1, 0.15) is 11.3 Å². The zero-order valence-electron chi connectivity index (χ0n) is 15.0. The quantitative estimate of drug-likeness (QED) is 0.689. The zero-order chi connectivity index (χ0) is 18.6. The van der Waals surface area contributed by atoms with Gasteiger partial charge in [-0.1, -0.05) is 36.4 Å². The minimum atomic E-state index is 0.101. The molecule has 0 aliphatic carbocycles. The summed E-state index contributed by atoms with van der Waals surface area (Å²) in [5.74, 6) is 0.902. The van der Waals surface area contributed by atoms with Crippen LogP contribution in [0.4, 0.5) is 0 Å². The fourth-order valence-electron chi connectivity index (χ4n) is 3.60.